The first kappa shape index (κ1) is 20.0. The van der Waals surface area contributed by atoms with Crippen LogP contribution < -0.4 is 0 Å². The number of hydrogen-bond acceptors (Lipinski definition) is 4. The minimum Gasteiger partial charge on any atom is -0.465 e. The molecule has 0 saturated carbocycles. The summed E-state index contributed by atoms with van der Waals surface area (Å²) in [5.74, 6) is 5.93. The van der Waals surface area contributed by atoms with E-state index in [1.807, 2.05) is 0 Å². The number of rotatable bonds is 11. The van der Waals surface area contributed by atoms with Crippen molar-refractivity contribution in [1.82, 2.24) is 0 Å². The first-order valence-corrected chi connectivity index (χ1v) is 9.11. The Bertz CT molecular complexity index is 350. The fourth-order valence-corrected chi connectivity index (χ4v) is 2.50. The van der Waals surface area contributed by atoms with Gasteiger partial charge in [0.2, 0.25) is 0 Å². The first-order chi connectivity index (χ1) is 11.3. The Morgan fingerprint density at radius 2 is 1.74 bits per heavy atom. The molecule has 0 radical (unpaired) electrons. The van der Waals surface area contributed by atoms with Gasteiger partial charge in [0.15, 0.2) is 6.29 Å². The van der Waals surface area contributed by atoms with Crippen LogP contribution in [0.1, 0.15) is 77.6 Å². The lowest BCUT2D eigenvalue weighted by atomic mass is 10.1. The van der Waals surface area contributed by atoms with Crippen LogP contribution in [0.25, 0.3) is 0 Å². The molecule has 0 bridgehead atoms. The molecule has 4 heteroatoms. The van der Waals surface area contributed by atoms with Crippen LogP contribution in [0, 0.1) is 11.8 Å². The maximum atomic E-state index is 10.5. The van der Waals surface area contributed by atoms with Gasteiger partial charge in [-0.1, -0.05) is 31.6 Å². The molecule has 0 aliphatic carbocycles. The number of ether oxygens (including phenoxy) is 3. The van der Waals surface area contributed by atoms with Crippen molar-refractivity contribution < 1.29 is 19.0 Å². The van der Waals surface area contributed by atoms with Crippen molar-refractivity contribution in [2.75, 3.05) is 19.8 Å². The molecule has 1 unspecified atom stereocenters. The fourth-order valence-electron chi connectivity index (χ4n) is 2.50. The van der Waals surface area contributed by atoms with Crippen LogP contribution in [-0.4, -0.2) is 32.1 Å². The highest BCUT2D eigenvalue weighted by molar-refractivity contribution is 5.65. The van der Waals surface area contributed by atoms with Crippen molar-refractivity contribution in [2.45, 2.75) is 83.8 Å². The molecule has 1 aliphatic heterocycles. The topological polar surface area (TPSA) is 44.8 Å². The first-order valence-electron chi connectivity index (χ1n) is 9.11. The highest BCUT2D eigenvalue weighted by atomic mass is 16.7. The van der Waals surface area contributed by atoms with E-state index in [-0.39, 0.29) is 12.3 Å². The van der Waals surface area contributed by atoms with E-state index in [0.717, 1.165) is 38.9 Å². The Morgan fingerprint density at radius 1 is 1.00 bits per heavy atom. The zero-order chi connectivity index (χ0) is 16.6. The molecule has 4 nitrogen and oxygen atoms in total. The second kappa shape index (κ2) is 14.5. The largest absolute Gasteiger partial charge is 0.465 e. The average molecular weight is 324 g/mol. The molecule has 1 rings (SSSR count). The maximum Gasteiger partial charge on any atom is 0.302 e. The third-order valence-corrected chi connectivity index (χ3v) is 3.80. The van der Waals surface area contributed by atoms with E-state index < -0.39 is 0 Å². The summed E-state index contributed by atoms with van der Waals surface area (Å²) in [7, 11) is 0. The minimum absolute atomic E-state index is 0.0585. The van der Waals surface area contributed by atoms with Gasteiger partial charge in [0, 0.05) is 33.0 Å². The number of hydrogen-bond donors (Lipinski definition) is 0. The Labute approximate surface area is 141 Å². The molecule has 1 atom stereocenters. The second-order valence-electron chi connectivity index (χ2n) is 5.98. The Hall–Kier alpha value is -1.05. The van der Waals surface area contributed by atoms with E-state index in [9.17, 15) is 4.79 Å². The predicted octanol–water partition coefficient (Wildman–Crippen LogP) is 4.22. The molecule has 0 aromatic rings. The third-order valence-electron chi connectivity index (χ3n) is 3.80. The van der Waals surface area contributed by atoms with E-state index >= 15 is 0 Å². The highest BCUT2D eigenvalue weighted by Crippen LogP contribution is 2.14. The lowest BCUT2D eigenvalue weighted by Crippen LogP contribution is -2.22. The normalized spacial score (nSPS) is 17.3. The van der Waals surface area contributed by atoms with E-state index in [1.165, 1.54) is 45.4 Å². The zero-order valence-electron chi connectivity index (χ0n) is 14.6. The fraction of sp³-hybridized carbons (Fsp3) is 0.842. The number of carbonyl (C=O) groups excluding carboxylic acids is 1. The highest BCUT2D eigenvalue weighted by Gasteiger charge is 2.13. The Balaban J connectivity index is 1.76. The van der Waals surface area contributed by atoms with E-state index in [2.05, 4.69) is 11.8 Å². The molecular weight excluding hydrogens is 292 g/mol. The molecule has 0 aromatic heterocycles. The predicted molar refractivity (Wildman–Crippen MR) is 90.9 cm³/mol. The van der Waals surface area contributed by atoms with Gasteiger partial charge in [-0.3, -0.25) is 4.79 Å². The minimum atomic E-state index is -0.233. The number of carbonyl (C=O) groups is 1. The van der Waals surface area contributed by atoms with Crippen LogP contribution in [0.2, 0.25) is 0 Å². The average Bonchev–Trinajstić information content (AvgIpc) is 2.56. The molecule has 0 aromatic carbocycles. The van der Waals surface area contributed by atoms with Crippen LogP contribution >= 0.6 is 0 Å². The van der Waals surface area contributed by atoms with Gasteiger partial charge < -0.3 is 14.2 Å². The molecule has 1 saturated heterocycles. The van der Waals surface area contributed by atoms with Crippen molar-refractivity contribution >= 4 is 5.97 Å². The van der Waals surface area contributed by atoms with E-state index in [1.54, 1.807) is 0 Å². The zero-order valence-corrected chi connectivity index (χ0v) is 14.6. The Morgan fingerprint density at radius 3 is 2.48 bits per heavy atom. The van der Waals surface area contributed by atoms with Gasteiger partial charge in [-0.2, -0.15) is 0 Å². The quantitative estimate of drug-likeness (QED) is 0.324. The van der Waals surface area contributed by atoms with Gasteiger partial charge in [0.05, 0.1) is 0 Å². The Kier molecular flexibility index (Phi) is 12.6. The number of esters is 1. The molecule has 1 fully saturated rings. The van der Waals surface area contributed by atoms with Gasteiger partial charge in [-0.15, -0.1) is 5.92 Å². The third kappa shape index (κ3) is 13.1. The molecule has 0 amide bonds. The van der Waals surface area contributed by atoms with E-state index in [4.69, 9.17) is 14.2 Å². The summed E-state index contributed by atoms with van der Waals surface area (Å²) in [6.07, 6.45) is 12.4. The monoisotopic (exact) mass is 324 g/mol. The lowest BCUT2D eigenvalue weighted by molar-refractivity contribution is -0.162. The van der Waals surface area contributed by atoms with Gasteiger partial charge in [-0.05, 0) is 32.1 Å². The van der Waals surface area contributed by atoms with E-state index in [0.29, 0.717) is 13.0 Å². The molecular formula is C19H32O4. The van der Waals surface area contributed by atoms with Crippen molar-refractivity contribution in [2.24, 2.45) is 0 Å². The van der Waals surface area contributed by atoms with Crippen molar-refractivity contribution in [1.29, 1.82) is 0 Å². The maximum absolute atomic E-state index is 10.5. The SMILES string of the molecule is CC(=O)OCCC#CCCCCCCCCOC1CCCCO1. The van der Waals surface area contributed by atoms with Crippen LogP contribution in [0.5, 0.6) is 0 Å². The van der Waals surface area contributed by atoms with Crippen molar-refractivity contribution in [3.8, 4) is 11.8 Å². The van der Waals surface area contributed by atoms with Gasteiger partial charge in [0.1, 0.15) is 6.61 Å². The summed E-state index contributed by atoms with van der Waals surface area (Å²) < 4.78 is 16.1. The molecule has 132 valence electrons. The van der Waals surface area contributed by atoms with Crippen molar-refractivity contribution in [3.63, 3.8) is 0 Å². The molecule has 0 N–H and O–H groups in total. The molecule has 1 heterocycles. The van der Waals surface area contributed by atoms with Gasteiger partial charge in [-0.25, -0.2) is 0 Å². The summed E-state index contributed by atoms with van der Waals surface area (Å²) in [4.78, 5) is 10.5. The van der Waals surface area contributed by atoms with Crippen LogP contribution in [0.15, 0.2) is 0 Å². The molecule has 0 spiro atoms. The summed E-state index contributed by atoms with van der Waals surface area (Å²) in [5, 5.41) is 0. The summed E-state index contributed by atoms with van der Waals surface area (Å²) in [6.45, 7) is 3.52. The van der Waals surface area contributed by atoms with Crippen LogP contribution in [0.4, 0.5) is 0 Å². The van der Waals surface area contributed by atoms with Crippen LogP contribution in [0.3, 0.4) is 0 Å². The summed E-state index contributed by atoms with van der Waals surface area (Å²) in [6, 6.07) is 0. The molecule has 1 aliphatic rings. The summed E-state index contributed by atoms with van der Waals surface area (Å²) >= 11 is 0. The number of unbranched alkanes of at least 4 members (excludes halogenated alkanes) is 6. The van der Waals surface area contributed by atoms with Crippen LogP contribution in [-0.2, 0) is 19.0 Å². The van der Waals surface area contributed by atoms with Gasteiger partial charge in [0.25, 0.3) is 0 Å². The molecule has 23 heavy (non-hydrogen) atoms. The standard InChI is InChI=1S/C19H32O4/c1-18(20)21-15-11-8-6-4-2-3-5-7-9-12-16-22-19-14-10-13-17-23-19/h19H,2-5,7,9-17H2,1H3. The lowest BCUT2D eigenvalue weighted by Gasteiger charge is -2.22. The summed E-state index contributed by atoms with van der Waals surface area (Å²) in [5.41, 5.74) is 0. The second-order valence-corrected chi connectivity index (χ2v) is 5.98. The van der Waals surface area contributed by atoms with Gasteiger partial charge >= 0.3 is 5.97 Å². The smallest absolute Gasteiger partial charge is 0.302 e. The van der Waals surface area contributed by atoms with Crippen molar-refractivity contribution in [3.05, 3.63) is 0 Å².